The van der Waals surface area contributed by atoms with Gasteiger partial charge in [0.05, 0.1) is 0 Å². The lowest BCUT2D eigenvalue weighted by molar-refractivity contribution is -0.170. The maximum Gasteiger partial charge on any atom is 0.288 e. The summed E-state index contributed by atoms with van der Waals surface area (Å²) in [6, 6.07) is 8.69. The molecule has 3 atom stereocenters. The zero-order chi connectivity index (χ0) is 22.5. The SMILES string of the molecule is CCO[C@@H]1OC(C(=O)N(C)C2CCCCC2)=C[C@H](c2csc3ccccc23)[C@@H]1CCCO. The second-order valence-electron chi connectivity index (χ2n) is 8.92. The summed E-state index contributed by atoms with van der Waals surface area (Å²) >= 11 is 1.73. The minimum Gasteiger partial charge on any atom is -0.459 e. The number of nitrogens with zero attached hydrogens (tertiary/aromatic N) is 1. The van der Waals surface area contributed by atoms with E-state index in [0.717, 1.165) is 19.3 Å². The van der Waals surface area contributed by atoms with E-state index in [2.05, 4.69) is 29.6 Å². The smallest absolute Gasteiger partial charge is 0.288 e. The molecule has 174 valence electrons. The highest BCUT2D eigenvalue weighted by Gasteiger charge is 2.40. The van der Waals surface area contributed by atoms with Crippen molar-refractivity contribution >= 4 is 27.3 Å². The van der Waals surface area contributed by atoms with Crippen LogP contribution in [0.3, 0.4) is 0 Å². The minimum absolute atomic E-state index is 0.00158. The lowest BCUT2D eigenvalue weighted by Gasteiger charge is -2.39. The Kier molecular flexibility index (Phi) is 7.87. The molecule has 6 heteroatoms. The van der Waals surface area contributed by atoms with Gasteiger partial charge in [-0.15, -0.1) is 11.3 Å². The van der Waals surface area contributed by atoms with E-state index in [1.54, 1.807) is 11.3 Å². The third kappa shape index (κ3) is 4.87. The Morgan fingerprint density at radius 2 is 2.03 bits per heavy atom. The van der Waals surface area contributed by atoms with Gasteiger partial charge in [0.2, 0.25) is 6.29 Å². The molecule has 1 fully saturated rings. The van der Waals surface area contributed by atoms with Gasteiger partial charge < -0.3 is 19.5 Å². The first-order chi connectivity index (χ1) is 15.6. The van der Waals surface area contributed by atoms with E-state index >= 15 is 0 Å². The van der Waals surface area contributed by atoms with Crippen molar-refractivity contribution in [2.24, 2.45) is 5.92 Å². The van der Waals surface area contributed by atoms with Gasteiger partial charge >= 0.3 is 0 Å². The highest BCUT2D eigenvalue weighted by Crippen LogP contribution is 2.43. The summed E-state index contributed by atoms with van der Waals surface area (Å²) < 4.78 is 13.5. The number of thiophene rings is 1. The van der Waals surface area contributed by atoms with Gasteiger partial charge in [0.15, 0.2) is 5.76 Å². The number of likely N-dealkylation sites (N-methyl/N-ethyl adjacent to an activating group) is 1. The maximum absolute atomic E-state index is 13.5. The minimum atomic E-state index is -0.501. The van der Waals surface area contributed by atoms with E-state index in [9.17, 15) is 9.90 Å². The van der Waals surface area contributed by atoms with Crippen molar-refractivity contribution in [1.82, 2.24) is 4.90 Å². The number of rotatable bonds is 8. The molecule has 0 spiro atoms. The van der Waals surface area contributed by atoms with Crippen molar-refractivity contribution < 1.29 is 19.4 Å². The molecule has 1 N–H and O–H groups in total. The average Bonchev–Trinajstić information content (AvgIpc) is 3.26. The van der Waals surface area contributed by atoms with Crippen molar-refractivity contribution in [3.8, 4) is 0 Å². The molecule has 2 aliphatic rings. The number of benzene rings is 1. The van der Waals surface area contributed by atoms with Gasteiger partial charge in [-0.3, -0.25) is 4.79 Å². The number of carbonyl (C=O) groups excluding carboxylic acids is 1. The quantitative estimate of drug-likeness (QED) is 0.573. The standard InChI is InChI=1S/C26H35NO4S/c1-3-30-26-20(13-9-15-28)21(22-17-32-24-14-8-7-12-19(22)24)16-23(31-26)25(29)27(2)18-10-5-4-6-11-18/h7-8,12,14,16-18,20-21,26,28H,3-6,9-11,13,15H2,1-2H3/t20-,21-,26+/m0/s1. The molecule has 0 bridgehead atoms. The Bertz CT molecular complexity index is 933. The lowest BCUT2D eigenvalue weighted by Crippen LogP contribution is -2.43. The van der Waals surface area contributed by atoms with Crippen LogP contribution in [0.1, 0.15) is 63.4 Å². The number of amides is 1. The number of hydrogen-bond donors (Lipinski definition) is 1. The molecule has 0 saturated heterocycles. The van der Waals surface area contributed by atoms with Gasteiger partial charge in [0, 0.05) is 42.8 Å². The van der Waals surface area contributed by atoms with Crippen molar-refractivity contribution in [3.05, 3.63) is 47.0 Å². The number of carbonyl (C=O) groups is 1. The summed E-state index contributed by atoms with van der Waals surface area (Å²) in [5, 5.41) is 12.9. The monoisotopic (exact) mass is 457 g/mol. The molecule has 32 heavy (non-hydrogen) atoms. The molecule has 2 aromatic rings. The van der Waals surface area contributed by atoms with E-state index in [-0.39, 0.29) is 30.4 Å². The van der Waals surface area contributed by atoms with E-state index in [1.807, 2.05) is 24.9 Å². The molecule has 1 amide bonds. The normalized spacial score (nSPS) is 24.2. The molecule has 5 nitrogen and oxygen atoms in total. The second kappa shape index (κ2) is 10.8. The summed E-state index contributed by atoms with van der Waals surface area (Å²) in [6.45, 7) is 2.60. The Hall–Kier alpha value is -1.89. The largest absolute Gasteiger partial charge is 0.459 e. The summed E-state index contributed by atoms with van der Waals surface area (Å²) in [6.07, 6.45) is 8.69. The van der Waals surface area contributed by atoms with Gasteiger partial charge in [0.25, 0.3) is 5.91 Å². The van der Waals surface area contributed by atoms with E-state index in [1.165, 1.54) is 34.9 Å². The predicted octanol–water partition coefficient (Wildman–Crippen LogP) is 5.44. The number of aliphatic hydroxyl groups excluding tert-OH is 1. The van der Waals surface area contributed by atoms with Gasteiger partial charge in [-0.25, -0.2) is 0 Å². The Labute approximate surface area is 195 Å². The second-order valence-corrected chi connectivity index (χ2v) is 9.83. The van der Waals surface area contributed by atoms with Crippen LogP contribution in [0.5, 0.6) is 0 Å². The van der Waals surface area contributed by atoms with Crippen LogP contribution in [-0.4, -0.2) is 48.5 Å². The first kappa shape index (κ1) is 23.3. The molecule has 0 unspecified atom stereocenters. The first-order valence-electron chi connectivity index (χ1n) is 12.0. The van der Waals surface area contributed by atoms with E-state index in [0.29, 0.717) is 18.8 Å². The summed E-state index contributed by atoms with van der Waals surface area (Å²) in [5.74, 6) is 0.391. The maximum atomic E-state index is 13.5. The number of hydrogen-bond acceptors (Lipinski definition) is 5. The summed E-state index contributed by atoms with van der Waals surface area (Å²) in [7, 11) is 1.91. The fourth-order valence-electron chi connectivity index (χ4n) is 5.18. The molecule has 2 heterocycles. The fraction of sp³-hybridized carbons (Fsp3) is 0.577. The number of ether oxygens (including phenoxy) is 2. The van der Waals surface area contributed by atoms with Crippen LogP contribution < -0.4 is 0 Å². The predicted molar refractivity (Wildman–Crippen MR) is 129 cm³/mol. The molecule has 1 aromatic carbocycles. The van der Waals surface area contributed by atoms with Crippen molar-refractivity contribution in [3.63, 3.8) is 0 Å². The van der Waals surface area contributed by atoms with Gasteiger partial charge in [-0.2, -0.15) is 0 Å². The molecular formula is C26H35NO4S. The van der Waals surface area contributed by atoms with Crippen molar-refractivity contribution in [2.75, 3.05) is 20.3 Å². The topological polar surface area (TPSA) is 59.0 Å². The molecule has 1 saturated carbocycles. The average molecular weight is 458 g/mol. The van der Waals surface area contributed by atoms with Gasteiger partial charge in [0.1, 0.15) is 0 Å². The van der Waals surface area contributed by atoms with Crippen LogP contribution >= 0.6 is 11.3 Å². The van der Waals surface area contributed by atoms with Crippen molar-refractivity contribution in [1.29, 1.82) is 0 Å². The third-order valence-corrected chi connectivity index (χ3v) is 7.92. The fourth-order valence-corrected chi connectivity index (χ4v) is 6.19. The van der Waals surface area contributed by atoms with E-state index < -0.39 is 6.29 Å². The van der Waals surface area contributed by atoms with Crippen LogP contribution in [-0.2, 0) is 14.3 Å². The molecule has 1 aromatic heterocycles. The molecule has 0 radical (unpaired) electrons. The third-order valence-electron chi connectivity index (χ3n) is 6.94. The Morgan fingerprint density at radius 1 is 1.25 bits per heavy atom. The van der Waals surface area contributed by atoms with Crippen LogP contribution in [0.25, 0.3) is 10.1 Å². The lowest BCUT2D eigenvalue weighted by atomic mass is 9.80. The van der Waals surface area contributed by atoms with Crippen LogP contribution in [0, 0.1) is 5.92 Å². The van der Waals surface area contributed by atoms with Gasteiger partial charge in [-0.05, 0) is 61.1 Å². The van der Waals surface area contributed by atoms with Crippen molar-refractivity contribution in [2.45, 2.75) is 70.1 Å². The zero-order valence-corrected chi connectivity index (χ0v) is 20.0. The van der Waals surface area contributed by atoms with Crippen LogP contribution in [0.15, 0.2) is 41.5 Å². The summed E-state index contributed by atoms with van der Waals surface area (Å²) in [4.78, 5) is 15.4. The molecule has 1 aliphatic heterocycles. The number of aliphatic hydroxyl groups is 1. The van der Waals surface area contributed by atoms with Gasteiger partial charge in [-0.1, -0.05) is 37.5 Å². The summed E-state index contributed by atoms with van der Waals surface area (Å²) in [5.41, 5.74) is 1.21. The molecule has 1 aliphatic carbocycles. The van der Waals surface area contributed by atoms with Crippen LogP contribution in [0.2, 0.25) is 0 Å². The highest BCUT2D eigenvalue weighted by molar-refractivity contribution is 7.17. The van der Waals surface area contributed by atoms with E-state index in [4.69, 9.17) is 9.47 Å². The zero-order valence-electron chi connectivity index (χ0n) is 19.2. The highest BCUT2D eigenvalue weighted by atomic mass is 32.1. The first-order valence-corrected chi connectivity index (χ1v) is 12.9. The number of fused-ring (bicyclic) bond motifs is 1. The van der Waals surface area contributed by atoms with Crippen LogP contribution in [0.4, 0.5) is 0 Å². The molecular weight excluding hydrogens is 422 g/mol. The molecule has 4 rings (SSSR count). The Balaban J connectivity index is 1.70. The number of allylic oxidation sites excluding steroid dienone is 1. The Morgan fingerprint density at radius 3 is 2.78 bits per heavy atom.